The average molecular weight is 312 g/mol. The molecule has 1 heterocycles. The highest BCUT2D eigenvalue weighted by molar-refractivity contribution is 6.04. The van der Waals surface area contributed by atoms with E-state index in [9.17, 15) is 0 Å². The molecule has 0 fully saturated rings. The van der Waals surface area contributed by atoms with Crippen molar-refractivity contribution in [2.75, 3.05) is 5.32 Å². The monoisotopic (exact) mass is 312 g/mol. The molecule has 2 nitrogen and oxygen atoms in total. The summed E-state index contributed by atoms with van der Waals surface area (Å²) < 4.78 is 0. The van der Waals surface area contributed by atoms with Crippen molar-refractivity contribution in [2.45, 2.75) is 19.8 Å². The Bertz CT molecular complexity index is 1000. The average Bonchev–Trinajstić information content (AvgIpc) is 2.61. The lowest BCUT2D eigenvalue weighted by Crippen LogP contribution is -1.96. The highest BCUT2D eigenvalue weighted by Gasteiger charge is 2.05. The SMILES string of the molecule is CCCc1ccnc(Nc2cccc3cc4ccccc4cc23)c1. The van der Waals surface area contributed by atoms with Crippen LogP contribution in [0.5, 0.6) is 0 Å². The van der Waals surface area contributed by atoms with Gasteiger partial charge in [-0.05, 0) is 58.5 Å². The number of nitrogens with zero attached hydrogens (tertiary/aromatic N) is 1. The first-order valence-electron chi connectivity index (χ1n) is 8.47. The van der Waals surface area contributed by atoms with Gasteiger partial charge in [0.05, 0.1) is 0 Å². The Balaban J connectivity index is 1.78. The van der Waals surface area contributed by atoms with Crippen LogP contribution in [0.4, 0.5) is 11.5 Å². The van der Waals surface area contributed by atoms with E-state index < -0.39 is 0 Å². The largest absolute Gasteiger partial charge is 0.340 e. The van der Waals surface area contributed by atoms with Crippen LogP contribution in [0.3, 0.4) is 0 Å². The quantitative estimate of drug-likeness (QED) is 0.462. The molecule has 1 aromatic heterocycles. The second kappa shape index (κ2) is 6.32. The van der Waals surface area contributed by atoms with E-state index in [1.54, 1.807) is 0 Å². The van der Waals surface area contributed by atoms with Gasteiger partial charge in [0.1, 0.15) is 5.82 Å². The van der Waals surface area contributed by atoms with Crippen molar-refractivity contribution in [3.8, 4) is 0 Å². The summed E-state index contributed by atoms with van der Waals surface area (Å²) in [5.74, 6) is 0.904. The van der Waals surface area contributed by atoms with Crippen molar-refractivity contribution in [1.29, 1.82) is 0 Å². The molecular formula is C22H20N2. The minimum Gasteiger partial charge on any atom is -0.340 e. The second-order valence-electron chi connectivity index (χ2n) is 6.15. The summed E-state index contributed by atoms with van der Waals surface area (Å²) in [6.45, 7) is 2.20. The summed E-state index contributed by atoms with van der Waals surface area (Å²) in [7, 11) is 0. The summed E-state index contributed by atoms with van der Waals surface area (Å²) in [5.41, 5.74) is 2.42. The van der Waals surface area contributed by atoms with Crippen LogP contribution in [0.25, 0.3) is 21.5 Å². The molecule has 0 aliphatic heterocycles. The molecule has 24 heavy (non-hydrogen) atoms. The summed E-state index contributed by atoms with van der Waals surface area (Å²) in [4.78, 5) is 4.47. The summed E-state index contributed by atoms with van der Waals surface area (Å²) in [5, 5.41) is 8.48. The van der Waals surface area contributed by atoms with Crippen LogP contribution < -0.4 is 5.32 Å². The molecule has 0 aliphatic carbocycles. The maximum Gasteiger partial charge on any atom is 0.130 e. The molecule has 118 valence electrons. The Labute approximate surface area is 142 Å². The molecule has 0 saturated carbocycles. The molecular weight excluding hydrogens is 292 g/mol. The number of pyridine rings is 1. The van der Waals surface area contributed by atoms with Gasteiger partial charge >= 0.3 is 0 Å². The molecule has 0 unspecified atom stereocenters. The Morgan fingerprint density at radius 2 is 1.62 bits per heavy atom. The van der Waals surface area contributed by atoms with Gasteiger partial charge in [-0.1, -0.05) is 49.7 Å². The zero-order valence-electron chi connectivity index (χ0n) is 13.8. The molecule has 0 saturated heterocycles. The minimum absolute atomic E-state index is 0.904. The van der Waals surface area contributed by atoms with Crippen molar-refractivity contribution >= 4 is 33.1 Å². The molecule has 0 spiro atoms. The zero-order chi connectivity index (χ0) is 16.4. The van der Waals surface area contributed by atoms with E-state index >= 15 is 0 Å². The van der Waals surface area contributed by atoms with Gasteiger partial charge in [-0.25, -0.2) is 4.98 Å². The third-order valence-corrected chi connectivity index (χ3v) is 4.37. The minimum atomic E-state index is 0.904. The fourth-order valence-corrected chi connectivity index (χ4v) is 3.20. The summed E-state index contributed by atoms with van der Waals surface area (Å²) in [6.07, 6.45) is 4.11. The third-order valence-electron chi connectivity index (χ3n) is 4.37. The van der Waals surface area contributed by atoms with Crippen molar-refractivity contribution in [2.24, 2.45) is 0 Å². The number of nitrogens with one attached hydrogen (secondary N) is 1. The number of fused-ring (bicyclic) bond motifs is 2. The number of anilines is 2. The van der Waals surface area contributed by atoms with Gasteiger partial charge in [0.2, 0.25) is 0 Å². The molecule has 0 atom stereocenters. The fourth-order valence-electron chi connectivity index (χ4n) is 3.20. The lowest BCUT2D eigenvalue weighted by Gasteiger charge is -2.11. The number of aryl methyl sites for hydroxylation is 1. The van der Waals surface area contributed by atoms with Crippen LogP contribution in [0.15, 0.2) is 72.9 Å². The predicted molar refractivity (Wildman–Crippen MR) is 103 cm³/mol. The molecule has 3 aromatic carbocycles. The lowest BCUT2D eigenvalue weighted by atomic mass is 10.0. The van der Waals surface area contributed by atoms with Crippen LogP contribution in [-0.2, 0) is 6.42 Å². The molecule has 2 heteroatoms. The molecule has 4 aromatic rings. The van der Waals surface area contributed by atoms with E-state index in [0.717, 1.165) is 24.3 Å². The molecule has 0 radical (unpaired) electrons. The Hall–Kier alpha value is -2.87. The molecule has 0 aliphatic rings. The first kappa shape index (κ1) is 14.7. The van der Waals surface area contributed by atoms with Crippen LogP contribution in [0.1, 0.15) is 18.9 Å². The van der Waals surface area contributed by atoms with E-state index in [1.165, 1.54) is 27.1 Å². The van der Waals surface area contributed by atoms with E-state index in [1.807, 2.05) is 6.20 Å². The van der Waals surface area contributed by atoms with E-state index in [-0.39, 0.29) is 0 Å². The third kappa shape index (κ3) is 2.83. The highest BCUT2D eigenvalue weighted by atomic mass is 15.0. The maximum atomic E-state index is 4.47. The van der Waals surface area contributed by atoms with Gasteiger partial charge in [-0.15, -0.1) is 0 Å². The molecule has 0 amide bonds. The van der Waals surface area contributed by atoms with Crippen LogP contribution in [0.2, 0.25) is 0 Å². The maximum absolute atomic E-state index is 4.47. The number of hydrogen-bond acceptors (Lipinski definition) is 2. The van der Waals surface area contributed by atoms with E-state index in [0.29, 0.717) is 0 Å². The van der Waals surface area contributed by atoms with Crippen molar-refractivity contribution in [3.63, 3.8) is 0 Å². The molecule has 4 rings (SSSR count). The molecule has 1 N–H and O–H groups in total. The number of hydrogen-bond donors (Lipinski definition) is 1. The summed E-state index contributed by atoms with van der Waals surface area (Å²) in [6, 6.07) is 23.6. The van der Waals surface area contributed by atoms with Gasteiger partial charge in [-0.3, -0.25) is 0 Å². The van der Waals surface area contributed by atoms with Crippen molar-refractivity contribution in [3.05, 3.63) is 78.5 Å². The Kier molecular flexibility index (Phi) is 3.87. The smallest absolute Gasteiger partial charge is 0.130 e. The predicted octanol–water partition coefficient (Wildman–Crippen LogP) is 6.08. The number of aromatic nitrogens is 1. The summed E-state index contributed by atoms with van der Waals surface area (Å²) >= 11 is 0. The first-order chi connectivity index (χ1) is 11.8. The molecule has 0 bridgehead atoms. The number of rotatable bonds is 4. The Morgan fingerprint density at radius 3 is 2.46 bits per heavy atom. The van der Waals surface area contributed by atoms with Gasteiger partial charge < -0.3 is 5.32 Å². The lowest BCUT2D eigenvalue weighted by molar-refractivity contribution is 0.919. The second-order valence-corrected chi connectivity index (χ2v) is 6.15. The van der Waals surface area contributed by atoms with Gasteiger partial charge in [0.25, 0.3) is 0 Å². The first-order valence-corrected chi connectivity index (χ1v) is 8.47. The number of benzene rings is 3. The zero-order valence-corrected chi connectivity index (χ0v) is 13.8. The van der Waals surface area contributed by atoms with Crippen LogP contribution in [-0.4, -0.2) is 4.98 Å². The van der Waals surface area contributed by atoms with Crippen molar-refractivity contribution < 1.29 is 0 Å². The highest BCUT2D eigenvalue weighted by Crippen LogP contribution is 2.30. The van der Waals surface area contributed by atoms with Gasteiger partial charge in [0, 0.05) is 17.3 Å². The Morgan fingerprint density at radius 1 is 0.833 bits per heavy atom. The fraction of sp³-hybridized carbons (Fsp3) is 0.136. The standard InChI is InChI=1S/C22H20N2/c1-2-6-16-11-12-23-22(13-16)24-21-10-5-9-19-14-17-7-3-4-8-18(17)15-20(19)21/h3-5,7-15H,2,6H2,1H3,(H,23,24). The van der Waals surface area contributed by atoms with Crippen molar-refractivity contribution in [1.82, 2.24) is 4.98 Å². The van der Waals surface area contributed by atoms with E-state index in [2.05, 4.69) is 84.0 Å². The topological polar surface area (TPSA) is 24.9 Å². The normalized spacial score (nSPS) is 11.0. The van der Waals surface area contributed by atoms with Gasteiger partial charge in [-0.2, -0.15) is 0 Å². The van der Waals surface area contributed by atoms with E-state index in [4.69, 9.17) is 0 Å². The van der Waals surface area contributed by atoms with Gasteiger partial charge in [0.15, 0.2) is 0 Å². The van der Waals surface area contributed by atoms with Crippen LogP contribution in [0, 0.1) is 0 Å². The van der Waals surface area contributed by atoms with Crippen LogP contribution >= 0.6 is 0 Å².